The Morgan fingerprint density at radius 3 is 2.66 bits per heavy atom. The fraction of sp³-hybridized carbons (Fsp3) is 0.571. The molecule has 1 aromatic heterocycles. The number of halogens is 1. The summed E-state index contributed by atoms with van der Waals surface area (Å²) in [5.41, 5.74) is 0.229. The molecule has 29 heavy (non-hydrogen) atoms. The number of hydrogen-bond acceptors (Lipinski definition) is 5. The molecule has 7 nitrogen and oxygen atoms in total. The summed E-state index contributed by atoms with van der Waals surface area (Å²) in [7, 11) is 2.14. The lowest BCUT2D eigenvalue weighted by molar-refractivity contribution is 0.00568. The zero-order chi connectivity index (χ0) is 20.6. The molecule has 0 atom stereocenters. The lowest BCUT2D eigenvalue weighted by atomic mass is 9.83. The highest BCUT2D eigenvalue weighted by atomic mass is 19.1. The number of piperidine rings is 1. The topological polar surface area (TPSA) is 66.3 Å². The second kappa shape index (κ2) is 7.84. The van der Waals surface area contributed by atoms with Crippen LogP contribution in [0.15, 0.2) is 24.3 Å². The number of nitrogens with one attached hydrogen (secondary N) is 1. The van der Waals surface area contributed by atoms with Crippen molar-refractivity contribution in [3.05, 3.63) is 41.7 Å². The van der Waals surface area contributed by atoms with E-state index in [1.807, 2.05) is 4.57 Å². The van der Waals surface area contributed by atoms with Gasteiger partial charge in [-0.25, -0.2) is 4.39 Å². The summed E-state index contributed by atoms with van der Waals surface area (Å²) in [6, 6.07) is 5.87. The number of carbonyl (C=O) groups is 1. The van der Waals surface area contributed by atoms with Crippen LogP contribution in [0.3, 0.4) is 0 Å². The number of rotatable bonds is 4. The van der Waals surface area contributed by atoms with Crippen LogP contribution in [0.1, 0.15) is 43.1 Å². The first kappa shape index (κ1) is 20.0. The van der Waals surface area contributed by atoms with Crippen LogP contribution in [0.2, 0.25) is 0 Å². The molecule has 2 aliphatic heterocycles. The van der Waals surface area contributed by atoms with Crippen molar-refractivity contribution in [2.24, 2.45) is 5.92 Å². The van der Waals surface area contributed by atoms with Gasteiger partial charge in [0.25, 0.3) is 5.91 Å². The number of aromatic nitrogens is 3. The molecular formula is C21H29FN6O. The van der Waals surface area contributed by atoms with Gasteiger partial charge in [0.05, 0.1) is 5.54 Å². The van der Waals surface area contributed by atoms with Crippen LogP contribution < -0.4 is 5.32 Å². The summed E-state index contributed by atoms with van der Waals surface area (Å²) >= 11 is 0. The summed E-state index contributed by atoms with van der Waals surface area (Å²) in [5, 5.41) is 11.4. The van der Waals surface area contributed by atoms with Gasteiger partial charge in [0.15, 0.2) is 5.82 Å². The molecular weight excluding hydrogens is 371 g/mol. The van der Waals surface area contributed by atoms with E-state index in [0.29, 0.717) is 24.0 Å². The molecule has 2 aliphatic rings. The van der Waals surface area contributed by atoms with Crippen LogP contribution in [-0.4, -0.2) is 63.7 Å². The second-order valence-electron chi connectivity index (χ2n) is 8.61. The average Bonchev–Trinajstić information content (AvgIpc) is 3.11. The van der Waals surface area contributed by atoms with E-state index in [1.54, 1.807) is 12.1 Å². The Balaban J connectivity index is 1.56. The van der Waals surface area contributed by atoms with Gasteiger partial charge in [-0.05, 0) is 44.0 Å². The summed E-state index contributed by atoms with van der Waals surface area (Å²) in [6.45, 7) is 9.14. The zero-order valence-corrected chi connectivity index (χ0v) is 17.4. The zero-order valence-electron chi connectivity index (χ0n) is 17.4. The Morgan fingerprint density at radius 1 is 1.21 bits per heavy atom. The van der Waals surface area contributed by atoms with Crippen LogP contribution in [-0.2, 0) is 12.1 Å². The van der Waals surface area contributed by atoms with Crippen molar-refractivity contribution in [1.82, 2.24) is 24.6 Å². The Bertz CT molecular complexity index is 887. The minimum Gasteiger partial charge on any atom is -0.319 e. The summed E-state index contributed by atoms with van der Waals surface area (Å²) in [6.07, 6.45) is 1.94. The smallest absolute Gasteiger partial charge is 0.293 e. The molecule has 0 aliphatic carbocycles. The van der Waals surface area contributed by atoms with Gasteiger partial charge < -0.3 is 14.8 Å². The van der Waals surface area contributed by atoms with E-state index in [0.717, 1.165) is 44.8 Å². The lowest BCUT2D eigenvalue weighted by Gasteiger charge is -2.49. The number of carbonyl (C=O) groups excluding carboxylic acids is 1. The second-order valence-corrected chi connectivity index (χ2v) is 8.61. The van der Waals surface area contributed by atoms with Gasteiger partial charge in [-0.1, -0.05) is 19.9 Å². The van der Waals surface area contributed by atoms with Crippen LogP contribution >= 0.6 is 0 Å². The van der Waals surface area contributed by atoms with Crippen LogP contribution in [0.25, 0.3) is 0 Å². The van der Waals surface area contributed by atoms with Gasteiger partial charge in [-0.2, -0.15) is 0 Å². The molecule has 0 saturated carbocycles. The summed E-state index contributed by atoms with van der Waals surface area (Å²) in [5.74, 6) is 1.07. The number of fused-ring (bicyclic) bond motifs is 2. The maximum atomic E-state index is 13.4. The Kier molecular flexibility index (Phi) is 5.40. The molecule has 156 valence electrons. The van der Waals surface area contributed by atoms with Gasteiger partial charge in [-0.3, -0.25) is 9.69 Å². The number of anilines is 1. The Morgan fingerprint density at radius 2 is 1.97 bits per heavy atom. The Hall–Kier alpha value is -2.32. The fourth-order valence-electron chi connectivity index (χ4n) is 4.64. The molecule has 8 heteroatoms. The number of hydrogen-bond donors (Lipinski definition) is 1. The number of amides is 1. The molecule has 0 unspecified atom stereocenters. The number of nitrogens with zero attached hydrogens (tertiary/aromatic N) is 5. The molecule has 1 amide bonds. The maximum Gasteiger partial charge on any atom is 0.293 e. The third-order valence-corrected chi connectivity index (χ3v) is 6.15. The van der Waals surface area contributed by atoms with E-state index in [4.69, 9.17) is 0 Å². The van der Waals surface area contributed by atoms with E-state index < -0.39 is 0 Å². The van der Waals surface area contributed by atoms with Crippen LogP contribution in [0, 0.1) is 11.7 Å². The van der Waals surface area contributed by atoms with Crippen LogP contribution in [0.5, 0.6) is 0 Å². The van der Waals surface area contributed by atoms with Gasteiger partial charge in [0, 0.05) is 38.4 Å². The molecule has 1 aromatic carbocycles. The summed E-state index contributed by atoms with van der Waals surface area (Å²) < 4.78 is 15.4. The molecule has 1 N–H and O–H groups in total. The normalized spacial score (nSPS) is 19.5. The first-order valence-corrected chi connectivity index (χ1v) is 10.3. The number of benzene rings is 1. The van der Waals surface area contributed by atoms with Crippen molar-refractivity contribution in [3.63, 3.8) is 0 Å². The highest BCUT2D eigenvalue weighted by molar-refractivity contribution is 6.01. The molecule has 3 heterocycles. The van der Waals surface area contributed by atoms with Crippen molar-refractivity contribution >= 4 is 11.6 Å². The van der Waals surface area contributed by atoms with E-state index in [-0.39, 0.29) is 17.3 Å². The van der Waals surface area contributed by atoms with Gasteiger partial charge >= 0.3 is 0 Å². The van der Waals surface area contributed by atoms with Gasteiger partial charge in [0.2, 0.25) is 5.82 Å². The highest BCUT2D eigenvalue weighted by Gasteiger charge is 2.46. The first-order valence-electron chi connectivity index (χ1n) is 10.3. The van der Waals surface area contributed by atoms with E-state index in [1.165, 1.54) is 12.1 Å². The predicted octanol–water partition coefficient (Wildman–Crippen LogP) is 2.56. The van der Waals surface area contributed by atoms with Crippen molar-refractivity contribution in [1.29, 1.82) is 0 Å². The number of likely N-dealkylation sites (N-methyl/N-ethyl adjacent to an activating group) is 1. The SMILES string of the molecule is CC(C)CN1CCC2(CC1)c1nnc(C(=O)Nc3cccc(F)c3)n1CCN2C. The minimum absolute atomic E-state index is 0.184. The monoisotopic (exact) mass is 400 g/mol. The molecule has 2 aromatic rings. The van der Waals surface area contributed by atoms with E-state index in [2.05, 4.69) is 46.2 Å². The Labute approximate surface area is 170 Å². The van der Waals surface area contributed by atoms with Crippen molar-refractivity contribution in [3.8, 4) is 0 Å². The quantitative estimate of drug-likeness (QED) is 0.855. The molecule has 4 rings (SSSR count). The molecule has 1 fully saturated rings. The minimum atomic E-state index is -0.389. The number of likely N-dealkylation sites (tertiary alicyclic amines) is 1. The van der Waals surface area contributed by atoms with Crippen molar-refractivity contribution < 1.29 is 9.18 Å². The largest absolute Gasteiger partial charge is 0.319 e. The van der Waals surface area contributed by atoms with E-state index in [9.17, 15) is 9.18 Å². The standard InChI is InChI=1S/C21H29FN6O/c1-15(2)14-27-9-7-21(8-10-27)20-25-24-18(28(20)12-11-26(21)3)19(29)23-17-6-4-5-16(22)13-17/h4-6,13,15H,7-12,14H2,1-3H3,(H,23,29). The summed E-state index contributed by atoms with van der Waals surface area (Å²) in [4.78, 5) is 17.7. The highest BCUT2D eigenvalue weighted by Crippen LogP contribution is 2.39. The van der Waals surface area contributed by atoms with E-state index >= 15 is 0 Å². The van der Waals surface area contributed by atoms with Gasteiger partial charge in [-0.15, -0.1) is 10.2 Å². The predicted molar refractivity (Wildman–Crippen MR) is 109 cm³/mol. The van der Waals surface area contributed by atoms with Crippen molar-refractivity contribution in [2.75, 3.05) is 38.5 Å². The fourth-order valence-corrected chi connectivity index (χ4v) is 4.64. The molecule has 1 spiro atoms. The average molecular weight is 401 g/mol. The van der Waals surface area contributed by atoms with Crippen molar-refractivity contribution in [2.45, 2.75) is 38.8 Å². The third kappa shape index (κ3) is 3.79. The third-order valence-electron chi connectivity index (χ3n) is 6.15. The maximum absolute atomic E-state index is 13.4. The molecule has 0 radical (unpaired) electrons. The molecule has 0 bridgehead atoms. The van der Waals surface area contributed by atoms with Gasteiger partial charge in [0.1, 0.15) is 5.82 Å². The first-order chi connectivity index (χ1) is 13.9. The lowest BCUT2D eigenvalue weighted by Crippen LogP contribution is -2.56. The van der Waals surface area contributed by atoms with Crippen LogP contribution in [0.4, 0.5) is 10.1 Å². The molecule has 1 saturated heterocycles.